The molecule has 0 fully saturated rings. The molecule has 0 saturated heterocycles. The van der Waals surface area contributed by atoms with E-state index in [4.69, 9.17) is 23.2 Å². The van der Waals surface area contributed by atoms with Crippen LogP contribution in [0, 0.1) is 5.82 Å². The van der Waals surface area contributed by atoms with Crippen LogP contribution in [0.15, 0.2) is 58.8 Å². The molecule has 148 valence electrons. The van der Waals surface area contributed by atoms with Gasteiger partial charge in [-0.15, -0.1) is 11.3 Å². The maximum atomic E-state index is 13.3. The smallest absolute Gasteiger partial charge is 0.272 e. The highest BCUT2D eigenvalue weighted by Crippen LogP contribution is 2.32. The number of nitrogens with zero attached hydrogens (tertiary/aromatic N) is 2. The number of nitrogens with one attached hydrogen (secondary N) is 2. The first-order chi connectivity index (χ1) is 13.8. The third kappa shape index (κ3) is 4.27. The van der Waals surface area contributed by atoms with Gasteiger partial charge in [-0.25, -0.2) is 22.8 Å². The minimum Gasteiger partial charge on any atom is -0.336 e. The van der Waals surface area contributed by atoms with E-state index in [0.29, 0.717) is 21.1 Å². The van der Waals surface area contributed by atoms with Gasteiger partial charge >= 0.3 is 0 Å². The summed E-state index contributed by atoms with van der Waals surface area (Å²) in [4.78, 5) is 8.82. The zero-order valence-electron chi connectivity index (χ0n) is 14.4. The molecule has 0 aliphatic rings. The summed E-state index contributed by atoms with van der Waals surface area (Å²) in [5, 5.41) is 3.03. The molecule has 0 bridgehead atoms. The van der Waals surface area contributed by atoms with E-state index in [1.54, 1.807) is 24.3 Å². The number of thiophene rings is 1. The van der Waals surface area contributed by atoms with Crippen LogP contribution < -0.4 is 10.0 Å². The van der Waals surface area contributed by atoms with Gasteiger partial charge in [-0.1, -0.05) is 35.3 Å². The molecule has 0 aliphatic heterocycles. The zero-order chi connectivity index (χ0) is 20.6. The number of hydrogen-bond donors (Lipinski definition) is 2. The van der Waals surface area contributed by atoms with E-state index in [9.17, 15) is 12.8 Å². The van der Waals surface area contributed by atoms with Crippen LogP contribution in [0.25, 0.3) is 11.0 Å². The minimum absolute atomic E-state index is 0.0308. The van der Waals surface area contributed by atoms with Crippen LogP contribution in [0.4, 0.5) is 21.7 Å². The molecule has 4 rings (SSSR count). The maximum Gasteiger partial charge on any atom is 0.272 e. The van der Waals surface area contributed by atoms with Crippen molar-refractivity contribution >= 4 is 72.9 Å². The topological polar surface area (TPSA) is 84.0 Å². The summed E-state index contributed by atoms with van der Waals surface area (Å²) in [5.41, 5.74) is 1.37. The van der Waals surface area contributed by atoms with Gasteiger partial charge in [0.25, 0.3) is 10.0 Å². The van der Waals surface area contributed by atoms with Gasteiger partial charge < -0.3 is 5.32 Å². The molecule has 2 aromatic carbocycles. The fraction of sp³-hybridized carbons (Fsp3) is 0. The van der Waals surface area contributed by atoms with Gasteiger partial charge in [-0.2, -0.15) is 0 Å². The van der Waals surface area contributed by atoms with Gasteiger partial charge in [0.15, 0.2) is 11.6 Å². The third-order valence-electron chi connectivity index (χ3n) is 3.80. The van der Waals surface area contributed by atoms with Crippen LogP contribution in [-0.2, 0) is 10.0 Å². The molecular formula is C18H11Cl2FN4O2S2. The van der Waals surface area contributed by atoms with Gasteiger partial charge in [-0.3, -0.25) is 4.72 Å². The monoisotopic (exact) mass is 468 g/mol. The van der Waals surface area contributed by atoms with Crippen molar-refractivity contribution in [3.8, 4) is 0 Å². The average molecular weight is 469 g/mol. The van der Waals surface area contributed by atoms with Crippen LogP contribution in [0.3, 0.4) is 0 Å². The summed E-state index contributed by atoms with van der Waals surface area (Å²) in [6, 6.07) is 13.6. The normalized spacial score (nSPS) is 11.6. The van der Waals surface area contributed by atoms with E-state index in [1.807, 2.05) is 0 Å². The highest BCUT2D eigenvalue weighted by molar-refractivity contribution is 7.94. The summed E-state index contributed by atoms with van der Waals surface area (Å²) in [6.07, 6.45) is 0. The van der Waals surface area contributed by atoms with Crippen molar-refractivity contribution in [2.75, 3.05) is 10.0 Å². The zero-order valence-corrected chi connectivity index (χ0v) is 17.5. The number of hydrogen-bond acceptors (Lipinski definition) is 6. The Morgan fingerprint density at radius 2 is 1.62 bits per heavy atom. The number of para-hydroxylation sites is 2. The standard InChI is InChI=1S/C18H11Cl2FN4O2S2/c19-11-9-10(21)5-6-12(11)22-17-18(24-14-4-2-1-3-13(14)23-17)25-29(26,27)16-8-7-15(20)28-16/h1-9H,(H,22,23)(H,24,25). The molecule has 2 N–H and O–H groups in total. The molecule has 0 spiro atoms. The Balaban J connectivity index is 1.80. The van der Waals surface area contributed by atoms with Crippen molar-refractivity contribution < 1.29 is 12.8 Å². The quantitative estimate of drug-likeness (QED) is 0.393. The van der Waals surface area contributed by atoms with Crippen LogP contribution in [0.1, 0.15) is 0 Å². The molecule has 0 atom stereocenters. The minimum atomic E-state index is -3.94. The van der Waals surface area contributed by atoms with Crippen molar-refractivity contribution in [1.29, 1.82) is 0 Å². The van der Waals surface area contributed by atoms with Gasteiger partial charge in [0.2, 0.25) is 0 Å². The second-order valence-electron chi connectivity index (χ2n) is 5.82. The van der Waals surface area contributed by atoms with Crippen LogP contribution >= 0.6 is 34.5 Å². The summed E-state index contributed by atoms with van der Waals surface area (Å²) in [6.45, 7) is 0. The maximum absolute atomic E-state index is 13.3. The summed E-state index contributed by atoms with van der Waals surface area (Å²) >= 11 is 12.9. The largest absolute Gasteiger partial charge is 0.336 e. The summed E-state index contributed by atoms with van der Waals surface area (Å²) in [5.74, 6) is -0.419. The van der Waals surface area contributed by atoms with E-state index in [1.165, 1.54) is 24.3 Å². The van der Waals surface area contributed by atoms with Gasteiger partial charge in [0, 0.05) is 0 Å². The molecule has 0 aliphatic carbocycles. The van der Waals surface area contributed by atoms with Crippen molar-refractivity contribution in [3.05, 3.63) is 69.8 Å². The molecule has 0 amide bonds. The Kier molecular flexibility index (Phi) is 5.30. The molecule has 2 heterocycles. The number of aromatic nitrogens is 2. The predicted molar refractivity (Wildman–Crippen MR) is 114 cm³/mol. The SMILES string of the molecule is O=S(=O)(Nc1nc2ccccc2nc1Nc1ccc(F)cc1Cl)c1ccc(Cl)s1. The molecule has 0 unspecified atom stereocenters. The average Bonchev–Trinajstić information content (AvgIpc) is 3.11. The van der Waals surface area contributed by atoms with Crippen LogP contribution in [0.5, 0.6) is 0 Å². The van der Waals surface area contributed by atoms with E-state index in [0.717, 1.165) is 17.4 Å². The molecule has 2 aromatic heterocycles. The second-order valence-corrected chi connectivity index (χ2v) is 9.85. The van der Waals surface area contributed by atoms with Crippen molar-refractivity contribution in [2.45, 2.75) is 4.21 Å². The van der Waals surface area contributed by atoms with Gasteiger partial charge in [-0.05, 0) is 42.5 Å². The van der Waals surface area contributed by atoms with Crippen LogP contribution in [-0.4, -0.2) is 18.4 Å². The lowest BCUT2D eigenvalue weighted by Gasteiger charge is -2.14. The number of anilines is 3. The molecule has 29 heavy (non-hydrogen) atoms. The highest BCUT2D eigenvalue weighted by Gasteiger charge is 2.21. The van der Waals surface area contributed by atoms with E-state index in [2.05, 4.69) is 20.0 Å². The van der Waals surface area contributed by atoms with Crippen molar-refractivity contribution in [3.63, 3.8) is 0 Å². The Morgan fingerprint density at radius 3 is 2.24 bits per heavy atom. The van der Waals surface area contributed by atoms with Crippen molar-refractivity contribution in [1.82, 2.24) is 9.97 Å². The fourth-order valence-corrected chi connectivity index (χ4v) is 5.20. The predicted octanol–water partition coefficient (Wildman–Crippen LogP) is 5.68. The molecule has 6 nitrogen and oxygen atoms in total. The first-order valence-electron chi connectivity index (χ1n) is 8.09. The number of rotatable bonds is 5. The molecular weight excluding hydrogens is 458 g/mol. The Hall–Kier alpha value is -2.46. The lowest BCUT2D eigenvalue weighted by molar-refractivity contribution is 0.603. The third-order valence-corrected chi connectivity index (χ3v) is 7.17. The number of sulfonamides is 1. The Labute approximate surface area is 179 Å². The van der Waals surface area contributed by atoms with Crippen molar-refractivity contribution in [2.24, 2.45) is 0 Å². The molecule has 0 radical (unpaired) electrons. The molecule has 0 saturated carbocycles. The van der Waals surface area contributed by atoms with E-state index in [-0.39, 0.29) is 20.9 Å². The molecule has 4 aromatic rings. The van der Waals surface area contributed by atoms with E-state index < -0.39 is 15.8 Å². The van der Waals surface area contributed by atoms with E-state index >= 15 is 0 Å². The van der Waals surface area contributed by atoms with Gasteiger partial charge in [0.05, 0.1) is 26.1 Å². The Bertz CT molecular complexity index is 1330. The fourth-order valence-electron chi connectivity index (χ4n) is 2.50. The number of benzene rings is 2. The summed E-state index contributed by atoms with van der Waals surface area (Å²) in [7, 11) is -3.94. The lowest BCUT2D eigenvalue weighted by Crippen LogP contribution is -2.15. The second kappa shape index (κ2) is 7.75. The lowest BCUT2D eigenvalue weighted by atomic mass is 10.3. The highest BCUT2D eigenvalue weighted by atomic mass is 35.5. The first kappa shape index (κ1) is 19.8. The van der Waals surface area contributed by atoms with Crippen LogP contribution in [0.2, 0.25) is 9.36 Å². The molecule has 11 heteroatoms. The first-order valence-corrected chi connectivity index (χ1v) is 11.1. The van der Waals surface area contributed by atoms with Gasteiger partial charge in [0.1, 0.15) is 10.0 Å². The number of halogens is 3. The number of fused-ring (bicyclic) bond motifs is 1. The summed E-state index contributed by atoms with van der Waals surface area (Å²) < 4.78 is 41.6. The Morgan fingerprint density at radius 1 is 0.931 bits per heavy atom.